The average Bonchev–Trinajstić information content (AvgIpc) is 2.60. The third kappa shape index (κ3) is 5.57. The first-order valence-corrected chi connectivity index (χ1v) is 8.90. The van der Waals surface area contributed by atoms with E-state index in [1.807, 2.05) is 13.8 Å². The van der Waals surface area contributed by atoms with E-state index < -0.39 is 5.60 Å². The number of hydrogen-bond donors (Lipinski definition) is 2. The summed E-state index contributed by atoms with van der Waals surface area (Å²) in [5, 5.41) is 13.9. The molecule has 4 heteroatoms. The zero-order valence-electron chi connectivity index (χ0n) is 14.8. The summed E-state index contributed by atoms with van der Waals surface area (Å²) >= 11 is 0. The Labute approximate surface area is 140 Å². The van der Waals surface area contributed by atoms with E-state index >= 15 is 0 Å². The standard InChI is InChI=1S/C19H32N2O2/c1-4-19(22,5-2)15-20-16(3)18-14-21(11-12-23-18)13-17-9-7-6-8-10-17/h6-10,16,18,20,22H,4-5,11-15H2,1-3H3. The molecule has 2 rings (SSSR count). The average molecular weight is 320 g/mol. The van der Waals surface area contributed by atoms with E-state index in [0.717, 1.165) is 39.1 Å². The van der Waals surface area contributed by atoms with Crippen LogP contribution in [-0.4, -0.2) is 54.0 Å². The molecule has 0 radical (unpaired) electrons. The van der Waals surface area contributed by atoms with Crippen LogP contribution in [-0.2, 0) is 11.3 Å². The number of aliphatic hydroxyl groups is 1. The molecular formula is C19H32N2O2. The Morgan fingerprint density at radius 3 is 2.65 bits per heavy atom. The van der Waals surface area contributed by atoms with Gasteiger partial charge in [-0.15, -0.1) is 0 Å². The molecule has 130 valence electrons. The Kier molecular flexibility index (Phi) is 7.03. The molecule has 1 aromatic carbocycles. The second-order valence-corrected chi connectivity index (χ2v) is 6.73. The van der Waals surface area contributed by atoms with E-state index in [2.05, 4.69) is 47.5 Å². The zero-order valence-corrected chi connectivity index (χ0v) is 14.8. The van der Waals surface area contributed by atoms with Crippen LogP contribution in [0.15, 0.2) is 30.3 Å². The second kappa shape index (κ2) is 8.78. The van der Waals surface area contributed by atoms with Gasteiger partial charge in [0.25, 0.3) is 0 Å². The molecule has 0 aromatic heterocycles. The molecule has 1 aliphatic rings. The van der Waals surface area contributed by atoms with Gasteiger partial charge in [-0.1, -0.05) is 44.2 Å². The maximum Gasteiger partial charge on any atom is 0.0852 e. The van der Waals surface area contributed by atoms with E-state index in [1.54, 1.807) is 0 Å². The van der Waals surface area contributed by atoms with Crippen molar-refractivity contribution in [2.75, 3.05) is 26.2 Å². The van der Waals surface area contributed by atoms with Gasteiger partial charge in [0.1, 0.15) is 0 Å². The van der Waals surface area contributed by atoms with E-state index in [-0.39, 0.29) is 12.1 Å². The number of hydrogen-bond acceptors (Lipinski definition) is 4. The van der Waals surface area contributed by atoms with Gasteiger partial charge in [-0.2, -0.15) is 0 Å². The van der Waals surface area contributed by atoms with Crippen molar-refractivity contribution in [2.45, 2.75) is 57.9 Å². The molecule has 0 amide bonds. The monoisotopic (exact) mass is 320 g/mol. The largest absolute Gasteiger partial charge is 0.389 e. The summed E-state index contributed by atoms with van der Waals surface area (Å²) in [7, 11) is 0. The molecule has 0 aliphatic carbocycles. The molecule has 1 fully saturated rings. The van der Waals surface area contributed by atoms with E-state index in [9.17, 15) is 5.11 Å². The van der Waals surface area contributed by atoms with Crippen LogP contribution in [0.25, 0.3) is 0 Å². The lowest BCUT2D eigenvalue weighted by molar-refractivity contribution is -0.0511. The number of nitrogens with one attached hydrogen (secondary N) is 1. The van der Waals surface area contributed by atoms with E-state index in [4.69, 9.17) is 4.74 Å². The topological polar surface area (TPSA) is 44.7 Å². The fraction of sp³-hybridized carbons (Fsp3) is 0.684. The van der Waals surface area contributed by atoms with Crippen LogP contribution in [0.1, 0.15) is 39.2 Å². The van der Waals surface area contributed by atoms with Crippen LogP contribution < -0.4 is 5.32 Å². The summed E-state index contributed by atoms with van der Waals surface area (Å²) in [5.41, 5.74) is 0.743. The SMILES string of the molecule is CCC(O)(CC)CNC(C)C1CN(Cc2ccccc2)CCO1. The first-order valence-electron chi connectivity index (χ1n) is 8.90. The molecule has 1 saturated heterocycles. The molecule has 2 atom stereocenters. The highest BCUT2D eigenvalue weighted by molar-refractivity contribution is 5.14. The van der Waals surface area contributed by atoms with Crippen LogP contribution in [0.5, 0.6) is 0 Å². The van der Waals surface area contributed by atoms with E-state index in [1.165, 1.54) is 5.56 Å². The van der Waals surface area contributed by atoms with Gasteiger partial charge in [0.15, 0.2) is 0 Å². The Morgan fingerprint density at radius 2 is 2.00 bits per heavy atom. The van der Waals surface area contributed by atoms with Gasteiger partial charge in [0.2, 0.25) is 0 Å². The fourth-order valence-corrected chi connectivity index (χ4v) is 3.00. The molecule has 2 unspecified atom stereocenters. The first kappa shape index (κ1) is 18.4. The molecule has 1 aliphatic heterocycles. The second-order valence-electron chi connectivity index (χ2n) is 6.73. The summed E-state index contributed by atoms with van der Waals surface area (Å²) in [6, 6.07) is 10.8. The van der Waals surface area contributed by atoms with Crippen LogP contribution in [0.4, 0.5) is 0 Å². The number of nitrogens with zero attached hydrogens (tertiary/aromatic N) is 1. The number of ether oxygens (including phenoxy) is 1. The Morgan fingerprint density at radius 1 is 1.30 bits per heavy atom. The van der Waals surface area contributed by atoms with E-state index in [0.29, 0.717) is 6.54 Å². The number of benzene rings is 1. The van der Waals surface area contributed by atoms with Gasteiger partial charge in [-0.3, -0.25) is 4.90 Å². The molecule has 4 nitrogen and oxygen atoms in total. The minimum Gasteiger partial charge on any atom is -0.389 e. The highest BCUT2D eigenvalue weighted by Crippen LogP contribution is 2.16. The van der Waals surface area contributed by atoms with Crippen molar-refractivity contribution in [2.24, 2.45) is 0 Å². The Balaban J connectivity index is 1.83. The third-order valence-electron chi connectivity index (χ3n) is 5.05. The Bertz CT molecular complexity index is 448. The molecule has 0 bridgehead atoms. The fourth-order valence-electron chi connectivity index (χ4n) is 3.00. The van der Waals surface area contributed by atoms with Gasteiger partial charge < -0.3 is 15.2 Å². The summed E-state index contributed by atoms with van der Waals surface area (Å²) in [6.07, 6.45) is 1.72. The lowest BCUT2D eigenvalue weighted by Crippen LogP contribution is -2.53. The predicted octanol–water partition coefficient (Wildman–Crippen LogP) is 2.42. The van der Waals surface area contributed by atoms with Crippen molar-refractivity contribution in [1.82, 2.24) is 10.2 Å². The summed E-state index contributed by atoms with van der Waals surface area (Å²) in [5.74, 6) is 0. The highest BCUT2D eigenvalue weighted by atomic mass is 16.5. The molecule has 23 heavy (non-hydrogen) atoms. The Hall–Kier alpha value is -0.940. The third-order valence-corrected chi connectivity index (χ3v) is 5.05. The molecule has 1 aromatic rings. The lowest BCUT2D eigenvalue weighted by atomic mass is 9.97. The number of morpholine rings is 1. The van der Waals surface area contributed by atoms with Crippen molar-refractivity contribution in [3.63, 3.8) is 0 Å². The summed E-state index contributed by atoms with van der Waals surface area (Å²) in [4.78, 5) is 2.45. The lowest BCUT2D eigenvalue weighted by Gasteiger charge is -2.37. The normalized spacial score (nSPS) is 21.3. The minimum absolute atomic E-state index is 0.172. The van der Waals surface area contributed by atoms with Crippen LogP contribution in [0.3, 0.4) is 0 Å². The van der Waals surface area contributed by atoms with Crippen molar-refractivity contribution in [3.8, 4) is 0 Å². The van der Waals surface area contributed by atoms with Crippen molar-refractivity contribution < 1.29 is 9.84 Å². The van der Waals surface area contributed by atoms with Crippen LogP contribution >= 0.6 is 0 Å². The van der Waals surface area contributed by atoms with Gasteiger partial charge in [0.05, 0.1) is 18.3 Å². The van der Waals surface area contributed by atoms with Crippen molar-refractivity contribution in [1.29, 1.82) is 0 Å². The minimum atomic E-state index is -0.605. The van der Waals surface area contributed by atoms with Crippen molar-refractivity contribution in [3.05, 3.63) is 35.9 Å². The first-order chi connectivity index (χ1) is 11.1. The highest BCUT2D eigenvalue weighted by Gasteiger charge is 2.28. The summed E-state index contributed by atoms with van der Waals surface area (Å²) < 4.78 is 5.95. The molecule has 0 spiro atoms. The maximum absolute atomic E-state index is 10.4. The molecule has 0 saturated carbocycles. The smallest absolute Gasteiger partial charge is 0.0852 e. The number of rotatable bonds is 8. The quantitative estimate of drug-likeness (QED) is 0.772. The summed E-state index contributed by atoms with van der Waals surface area (Å²) in [6.45, 7) is 10.5. The predicted molar refractivity (Wildman–Crippen MR) is 94.5 cm³/mol. The van der Waals surface area contributed by atoms with Gasteiger partial charge in [0, 0.05) is 32.2 Å². The van der Waals surface area contributed by atoms with Gasteiger partial charge in [-0.25, -0.2) is 0 Å². The molecular weight excluding hydrogens is 288 g/mol. The van der Waals surface area contributed by atoms with Crippen LogP contribution in [0.2, 0.25) is 0 Å². The van der Waals surface area contributed by atoms with Crippen LogP contribution in [0, 0.1) is 0 Å². The molecule has 1 heterocycles. The molecule has 2 N–H and O–H groups in total. The van der Waals surface area contributed by atoms with Crippen molar-refractivity contribution >= 4 is 0 Å². The van der Waals surface area contributed by atoms with Gasteiger partial charge >= 0.3 is 0 Å². The van der Waals surface area contributed by atoms with Gasteiger partial charge in [-0.05, 0) is 25.3 Å². The zero-order chi connectivity index (χ0) is 16.7. The maximum atomic E-state index is 10.4.